The van der Waals surface area contributed by atoms with E-state index < -0.39 is 5.91 Å². The van der Waals surface area contributed by atoms with E-state index in [4.69, 9.17) is 9.15 Å². The van der Waals surface area contributed by atoms with E-state index in [0.29, 0.717) is 35.4 Å². The van der Waals surface area contributed by atoms with Gasteiger partial charge < -0.3 is 23.6 Å². The number of imidazole rings is 1. The number of nitrogens with zero attached hydrogens (tertiary/aromatic N) is 6. The van der Waals surface area contributed by atoms with E-state index in [1.54, 1.807) is 35.2 Å². The van der Waals surface area contributed by atoms with Crippen LogP contribution in [0.2, 0.25) is 0 Å². The van der Waals surface area contributed by atoms with Crippen molar-refractivity contribution in [1.82, 2.24) is 29.3 Å². The van der Waals surface area contributed by atoms with Crippen molar-refractivity contribution < 1.29 is 18.7 Å². The molecule has 11 nitrogen and oxygen atoms in total. The number of carbonyl (C=O) groups excluding carboxylic acids is 2. The number of carbonyl (C=O) groups is 2. The smallest absolute Gasteiger partial charge is 0.326 e. The molecule has 0 radical (unpaired) electrons. The summed E-state index contributed by atoms with van der Waals surface area (Å²) in [5, 5.41) is 11.6. The lowest BCUT2D eigenvalue weighted by Crippen LogP contribution is -2.15. The summed E-state index contributed by atoms with van der Waals surface area (Å²) in [5.74, 6) is 0.567. The number of ether oxygens (including phenoxy) is 1. The predicted molar refractivity (Wildman–Crippen MR) is 138 cm³/mol. The van der Waals surface area contributed by atoms with Crippen LogP contribution in [0.25, 0.3) is 28.2 Å². The predicted octanol–water partition coefficient (Wildman–Crippen LogP) is 4.35. The van der Waals surface area contributed by atoms with Gasteiger partial charge in [-0.1, -0.05) is 19.1 Å². The first-order valence-corrected chi connectivity index (χ1v) is 12.5. The Kier molecular flexibility index (Phi) is 6.16. The van der Waals surface area contributed by atoms with Crippen LogP contribution >= 0.6 is 0 Å². The molecular formula is C27H25N7O4. The normalized spacial score (nSPS) is 13.1. The van der Waals surface area contributed by atoms with Crippen molar-refractivity contribution in [3.8, 4) is 17.2 Å². The Morgan fingerprint density at radius 2 is 2.03 bits per heavy atom. The molecule has 38 heavy (non-hydrogen) atoms. The topological polar surface area (TPSA) is 130 Å². The number of hydrogen-bond acceptors (Lipinski definition) is 8. The first kappa shape index (κ1) is 23.6. The molecule has 0 unspecified atom stereocenters. The van der Waals surface area contributed by atoms with Crippen molar-refractivity contribution in [1.29, 1.82) is 0 Å². The van der Waals surface area contributed by atoms with E-state index in [2.05, 4.69) is 25.5 Å². The number of pyridine rings is 1. The zero-order chi connectivity index (χ0) is 26.1. The molecule has 1 aliphatic rings. The van der Waals surface area contributed by atoms with Crippen LogP contribution in [0.3, 0.4) is 0 Å². The number of anilines is 1. The minimum absolute atomic E-state index is 0.0407. The van der Waals surface area contributed by atoms with E-state index in [-0.39, 0.29) is 18.3 Å². The molecular weight excluding hydrogens is 486 g/mol. The molecule has 0 spiro atoms. The molecule has 1 N–H and O–H groups in total. The molecule has 11 heteroatoms. The highest BCUT2D eigenvalue weighted by atomic mass is 16.5. The van der Waals surface area contributed by atoms with Crippen LogP contribution in [-0.4, -0.2) is 47.8 Å². The molecule has 1 amide bonds. The largest absolute Gasteiger partial charge is 0.464 e. The molecule has 1 aromatic carbocycles. The van der Waals surface area contributed by atoms with Gasteiger partial charge in [0.2, 0.25) is 0 Å². The highest BCUT2D eigenvalue weighted by molar-refractivity contribution is 6.05. The lowest BCUT2D eigenvalue weighted by molar-refractivity contribution is -0.144. The zero-order valence-electron chi connectivity index (χ0n) is 20.7. The Balaban J connectivity index is 1.21. The van der Waals surface area contributed by atoms with Crippen LogP contribution in [0, 0.1) is 0 Å². The Morgan fingerprint density at radius 1 is 1.16 bits per heavy atom. The second kappa shape index (κ2) is 9.92. The highest BCUT2D eigenvalue weighted by Crippen LogP contribution is 2.39. The minimum Gasteiger partial charge on any atom is -0.464 e. The van der Waals surface area contributed by atoms with E-state index in [9.17, 15) is 9.59 Å². The van der Waals surface area contributed by atoms with Crippen LogP contribution in [0.1, 0.15) is 48.4 Å². The number of hydrogen-bond donors (Lipinski definition) is 1. The number of benzene rings is 1. The summed E-state index contributed by atoms with van der Waals surface area (Å²) in [5.41, 5.74) is 3.02. The monoisotopic (exact) mass is 511 g/mol. The fraction of sp³-hybridized carbons (Fsp3) is 0.259. The van der Waals surface area contributed by atoms with Gasteiger partial charge in [-0.3, -0.25) is 9.59 Å². The van der Waals surface area contributed by atoms with Gasteiger partial charge in [0.15, 0.2) is 11.6 Å². The molecule has 192 valence electrons. The minimum atomic E-state index is -0.439. The average molecular weight is 512 g/mol. The maximum atomic E-state index is 13.1. The maximum absolute atomic E-state index is 13.1. The third-order valence-corrected chi connectivity index (χ3v) is 6.24. The number of furan rings is 1. The molecule has 0 saturated heterocycles. The van der Waals surface area contributed by atoms with Gasteiger partial charge in [-0.15, -0.1) is 10.2 Å². The number of amides is 1. The van der Waals surface area contributed by atoms with Gasteiger partial charge >= 0.3 is 5.97 Å². The lowest BCUT2D eigenvalue weighted by atomic mass is 10.2. The number of aromatic nitrogens is 6. The zero-order valence-corrected chi connectivity index (χ0v) is 20.7. The molecule has 1 fully saturated rings. The van der Waals surface area contributed by atoms with E-state index in [1.165, 1.54) is 19.2 Å². The molecule has 0 aliphatic heterocycles. The van der Waals surface area contributed by atoms with E-state index in [1.807, 2.05) is 35.9 Å². The van der Waals surface area contributed by atoms with Crippen molar-refractivity contribution in [3.63, 3.8) is 0 Å². The number of nitrogens with one attached hydrogen (secondary N) is 1. The fourth-order valence-electron chi connectivity index (χ4n) is 4.22. The maximum Gasteiger partial charge on any atom is 0.326 e. The van der Waals surface area contributed by atoms with Crippen LogP contribution in [0.4, 0.5) is 5.82 Å². The van der Waals surface area contributed by atoms with Crippen molar-refractivity contribution in [3.05, 3.63) is 72.8 Å². The standard InChI is InChI=1S/C27H25N7O4/c1-2-11-37-25(35)14-34-16-29-32-26(34)19-5-3-8-24(30-19)31-27(36)23-12-18-21(6-4-7-22(18)38-23)33-13-20(28-15-33)17-9-10-17/h3-8,12-13,15-17H,2,9-11,14H2,1H3,(H,30,31,36). The fourth-order valence-corrected chi connectivity index (χ4v) is 4.22. The highest BCUT2D eigenvalue weighted by Gasteiger charge is 2.26. The summed E-state index contributed by atoms with van der Waals surface area (Å²) in [6.45, 7) is 2.24. The summed E-state index contributed by atoms with van der Waals surface area (Å²) in [6.07, 6.45) is 8.37. The molecule has 6 rings (SSSR count). The second-order valence-electron chi connectivity index (χ2n) is 9.14. The van der Waals surface area contributed by atoms with Crippen LogP contribution in [0.5, 0.6) is 0 Å². The van der Waals surface area contributed by atoms with Gasteiger partial charge in [0.05, 0.1) is 24.3 Å². The van der Waals surface area contributed by atoms with Crippen LogP contribution in [-0.2, 0) is 16.1 Å². The Bertz CT molecular complexity index is 1630. The van der Waals surface area contributed by atoms with Crippen LogP contribution < -0.4 is 5.32 Å². The molecule has 5 aromatic rings. The summed E-state index contributed by atoms with van der Waals surface area (Å²) < 4.78 is 14.5. The Labute approximate surface area is 217 Å². The average Bonchev–Trinajstić information content (AvgIpc) is 3.30. The third kappa shape index (κ3) is 4.77. The molecule has 0 atom stereocenters. The number of rotatable bonds is 9. The first-order chi connectivity index (χ1) is 18.6. The third-order valence-electron chi connectivity index (χ3n) is 6.24. The van der Waals surface area contributed by atoms with Crippen molar-refractivity contribution in [2.45, 2.75) is 38.6 Å². The van der Waals surface area contributed by atoms with Gasteiger partial charge in [-0.05, 0) is 49.6 Å². The quantitative estimate of drug-likeness (QED) is 0.289. The van der Waals surface area contributed by atoms with Gasteiger partial charge in [-0.25, -0.2) is 9.97 Å². The SMILES string of the molecule is CCCOC(=O)Cn1cnnc1-c1cccc(NC(=O)c2cc3c(-n4cnc(C5CC5)c4)cccc3o2)n1. The molecule has 1 aliphatic carbocycles. The Morgan fingerprint density at radius 3 is 2.87 bits per heavy atom. The van der Waals surface area contributed by atoms with E-state index >= 15 is 0 Å². The molecule has 4 heterocycles. The van der Waals surface area contributed by atoms with Gasteiger partial charge in [0.1, 0.15) is 30.0 Å². The summed E-state index contributed by atoms with van der Waals surface area (Å²) in [4.78, 5) is 34.2. The molecule has 1 saturated carbocycles. The van der Waals surface area contributed by atoms with Crippen molar-refractivity contribution in [2.75, 3.05) is 11.9 Å². The van der Waals surface area contributed by atoms with Crippen molar-refractivity contribution in [2.24, 2.45) is 0 Å². The van der Waals surface area contributed by atoms with Crippen molar-refractivity contribution >= 4 is 28.7 Å². The molecule has 0 bridgehead atoms. The van der Waals surface area contributed by atoms with E-state index in [0.717, 1.165) is 23.2 Å². The summed E-state index contributed by atoms with van der Waals surface area (Å²) in [6, 6.07) is 12.5. The number of esters is 1. The van der Waals surface area contributed by atoms with Gasteiger partial charge in [-0.2, -0.15) is 0 Å². The summed E-state index contributed by atoms with van der Waals surface area (Å²) >= 11 is 0. The Hall–Kier alpha value is -4.80. The van der Waals surface area contributed by atoms with Crippen LogP contribution in [0.15, 0.2) is 65.7 Å². The number of fused-ring (bicyclic) bond motifs is 1. The van der Waals surface area contributed by atoms with Gasteiger partial charge in [0.25, 0.3) is 5.91 Å². The summed E-state index contributed by atoms with van der Waals surface area (Å²) in [7, 11) is 0. The van der Waals surface area contributed by atoms with Gasteiger partial charge in [0, 0.05) is 17.5 Å². The second-order valence-corrected chi connectivity index (χ2v) is 9.14. The first-order valence-electron chi connectivity index (χ1n) is 12.5. The molecule has 4 aromatic heterocycles. The lowest BCUT2D eigenvalue weighted by Gasteiger charge is -2.08.